The van der Waals surface area contributed by atoms with Gasteiger partial charge >= 0.3 is 0 Å². The van der Waals surface area contributed by atoms with Crippen LogP contribution in [-0.2, 0) is 0 Å². The van der Waals surface area contributed by atoms with Crippen molar-refractivity contribution in [2.75, 3.05) is 0 Å². The third-order valence-corrected chi connectivity index (χ3v) is 3.23. The first-order chi connectivity index (χ1) is 8.15. The molecule has 0 nitrogen and oxygen atoms in total. The number of halogens is 1. The summed E-state index contributed by atoms with van der Waals surface area (Å²) in [6.07, 6.45) is 7.64. The first-order valence-electron chi connectivity index (χ1n) is 5.22. The molecular weight excluding hydrogens is 248 g/mol. The highest BCUT2D eigenvalue weighted by Crippen LogP contribution is 2.27. The summed E-state index contributed by atoms with van der Waals surface area (Å²) in [6, 6.07) is 7.77. The van der Waals surface area contributed by atoms with Crippen molar-refractivity contribution >= 4 is 29.4 Å². The van der Waals surface area contributed by atoms with Gasteiger partial charge in [0, 0.05) is 9.93 Å². The molecule has 0 aliphatic heterocycles. The predicted molar refractivity (Wildman–Crippen MR) is 81.2 cm³/mol. The van der Waals surface area contributed by atoms with E-state index in [9.17, 15) is 0 Å². The first kappa shape index (κ1) is 13.9. The molecule has 0 atom stereocenters. The van der Waals surface area contributed by atoms with Crippen molar-refractivity contribution in [1.29, 1.82) is 0 Å². The maximum Gasteiger partial charge on any atom is 0.0406 e. The monoisotopic (exact) mass is 262 g/mol. The maximum atomic E-state index is 5.84. The van der Waals surface area contributed by atoms with Gasteiger partial charge < -0.3 is 0 Å². The van der Waals surface area contributed by atoms with E-state index in [-0.39, 0.29) is 0 Å². The van der Waals surface area contributed by atoms with Crippen LogP contribution in [0.4, 0.5) is 0 Å². The predicted octanol–water partition coefficient (Wildman–Crippen LogP) is 5.69. The Hall–Kier alpha value is -1.18. The van der Waals surface area contributed by atoms with Gasteiger partial charge in [-0.25, -0.2) is 0 Å². The lowest BCUT2D eigenvalue weighted by atomic mass is 10.2. The van der Waals surface area contributed by atoms with E-state index in [1.165, 1.54) is 4.91 Å². The van der Waals surface area contributed by atoms with Crippen LogP contribution in [0.5, 0.6) is 0 Å². The summed E-state index contributed by atoms with van der Waals surface area (Å²) in [6.45, 7) is 9.52. The quantitative estimate of drug-likeness (QED) is 0.614. The SMILES string of the molecule is C=C/C=C(\C=C)S/C(C)=C\c1ccc(Cl)cc1. The fourth-order valence-electron chi connectivity index (χ4n) is 1.27. The molecule has 0 radical (unpaired) electrons. The first-order valence-corrected chi connectivity index (χ1v) is 6.42. The van der Waals surface area contributed by atoms with Crippen LogP contribution in [0.25, 0.3) is 6.08 Å². The molecule has 0 saturated carbocycles. The molecule has 1 aromatic rings. The third kappa shape index (κ3) is 5.12. The molecule has 0 aromatic heterocycles. The molecule has 0 amide bonds. The van der Waals surface area contributed by atoms with Crippen LogP contribution in [0, 0.1) is 0 Å². The highest BCUT2D eigenvalue weighted by molar-refractivity contribution is 8.07. The summed E-state index contributed by atoms with van der Waals surface area (Å²) in [7, 11) is 0. The molecular formula is C15H15ClS. The van der Waals surface area contributed by atoms with Crippen molar-refractivity contribution in [3.63, 3.8) is 0 Å². The van der Waals surface area contributed by atoms with E-state index < -0.39 is 0 Å². The second-order valence-corrected chi connectivity index (χ2v) is 5.17. The van der Waals surface area contributed by atoms with Gasteiger partial charge in [0.2, 0.25) is 0 Å². The van der Waals surface area contributed by atoms with Gasteiger partial charge in [0.15, 0.2) is 0 Å². The standard InChI is InChI=1S/C15H15ClS/c1-4-6-15(5-2)17-12(3)11-13-7-9-14(16)10-8-13/h4-11H,1-2H2,3H3/b12-11-,15-6+. The molecule has 0 spiro atoms. The number of thioether (sulfide) groups is 1. The summed E-state index contributed by atoms with van der Waals surface area (Å²) in [5.41, 5.74) is 1.14. The van der Waals surface area contributed by atoms with E-state index in [1.54, 1.807) is 17.8 Å². The van der Waals surface area contributed by atoms with Gasteiger partial charge in [0.25, 0.3) is 0 Å². The Morgan fingerprint density at radius 2 is 1.88 bits per heavy atom. The molecule has 0 fully saturated rings. The average Bonchev–Trinajstić information content (AvgIpc) is 2.31. The summed E-state index contributed by atoms with van der Waals surface area (Å²) in [5.74, 6) is 0. The van der Waals surface area contributed by atoms with E-state index >= 15 is 0 Å². The molecule has 2 heteroatoms. The number of hydrogen-bond acceptors (Lipinski definition) is 1. The molecule has 0 unspecified atom stereocenters. The van der Waals surface area contributed by atoms with Crippen molar-refractivity contribution in [3.05, 3.63) is 76.0 Å². The lowest BCUT2D eigenvalue weighted by Gasteiger charge is -2.02. The highest BCUT2D eigenvalue weighted by Gasteiger charge is 1.96. The van der Waals surface area contributed by atoms with E-state index in [1.807, 2.05) is 36.4 Å². The largest absolute Gasteiger partial charge is 0.0990 e. The molecule has 88 valence electrons. The topological polar surface area (TPSA) is 0 Å². The van der Waals surface area contributed by atoms with Gasteiger partial charge in [-0.1, -0.05) is 60.8 Å². The minimum atomic E-state index is 0.755. The van der Waals surface area contributed by atoms with Gasteiger partial charge in [-0.15, -0.1) is 0 Å². The zero-order valence-electron chi connectivity index (χ0n) is 9.82. The Bertz CT molecular complexity index is 452. The Morgan fingerprint density at radius 3 is 2.41 bits per heavy atom. The van der Waals surface area contributed by atoms with Crippen LogP contribution in [0.2, 0.25) is 5.02 Å². The Labute approximate surface area is 112 Å². The molecule has 0 bridgehead atoms. The second-order valence-electron chi connectivity index (χ2n) is 3.42. The third-order valence-electron chi connectivity index (χ3n) is 2.00. The number of benzene rings is 1. The fraction of sp³-hybridized carbons (Fsp3) is 0.0667. The molecule has 17 heavy (non-hydrogen) atoms. The zero-order valence-corrected chi connectivity index (χ0v) is 11.4. The van der Waals surface area contributed by atoms with Gasteiger partial charge in [-0.2, -0.15) is 0 Å². The lowest BCUT2D eigenvalue weighted by Crippen LogP contribution is -1.75. The second kappa shape index (κ2) is 7.21. The summed E-state index contributed by atoms with van der Waals surface area (Å²) in [5, 5.41) is 0.755. The summed E-state index contributed by atoms with van der Waals surface area (Å²) < 4.78 is 0. The Kier molecular flexibility index (Phi) is 5.88. The summed E-state index contributed by atoms with van der Waals surface area (Å²) >= 11 is 7.51. The van der Waals surface area contributed by atoms with Crippen LogP contribution in [0.15, 0.2) is 65.5 Å². The molecule has 0 saturated heterocycles. The van der Waals surface area contributed by atoms with Crippen LogP contribution < -0.4 is 0 Å². The van der Waals surface area contributed by atoms with Crippen molar-refractivity contribution in [2.24, 2.45) is 0 Å². The van der Waals surface area contributed by atoms with Crippen molar-refractivity contribution in [3.8, 4) is 0 Å². The van der Waals surface area contributed by atoms with Gasteiger partial charge in [-0.3, -0.25) is 0 Å². The van der Waals surface area contributed by atoms with Crippen molar-refractivity contribution < 1.29 is 0 Å². The summed E-state index contributed by atoms with van der Waals surface area (Å²) in [4.78, 5) is 2.28. The number of rotatable bonds is 5. The molecule has 0 N–H and O–H groups in total. The van der Waals surface area contributed by atoms with Crippen LogP contribution in [0.1, 0.15) is 12.5 Å². The molecule has 0 aliphatic rings. The highest BCUT2D eigenvalue weighted by atomic mass is 35.5. The van der Waals surface area contributed by atoms with Gasteiger partial charge in [0.1, 0.15) is 0 Å². The lowest BCUT2D eigenvalue weighted by molar-refractivity contribution is 1.63. The Morgan fingerprint density at radius 1 is 1.24 bits per heavy atom. The van der Waals surface area contributed by atoms with Gasteiger partial charge in [-0.05, 0) is 41.7 Å². The maximum absolute atomic E-state index is 5.84. The van der Waals surface area contributed by atoms with E-state index in [0.717, 1.165) is 15.5 Å². The molecule has 1 rings (SSSR count). The number of allylic oxidation sites excluding steroid dienone is 4. The molecule has 0 aliphatic carbocycles. The zero-order chi connectivity index (χ0) is 12.7. The van der Waals surface area contributed by atoms with E-state index in [0.29, 0.717) is 0 Å². The van der Waals surface area contributed by atoms with Crippen molar-refractivity contribution in [1.82, 2.24) is 0 Å². The normalized spacial score (nSPS) is 12.4. The van der Waals surface area contributed by atoms with Crippen LogP contribution >= 0.6 is 23.4 Å². The average molecular weight is 263 g/mol. The van der Waals surface area contributed by atoms with E-state index in [2.05, 4.69) is 26.2 Å². The minimum absolute atomic E-state index is 0.755. The van der Waals surface area contributed by atoms with Crippen LogP contribution in [-0.4, -0.2) is 0 Å². The van der Waals surface area contributed by atoms with Crippen molar-refractivity contribution in [2.45, 2.75) is 6.92 Å². The van der Waals surface area contributed by atoms with E-state index in [4.69, 9.17) is 11.6 Å². The fourth-order valence-corrected chi connectivity index (χ4v) is 2.21. The number of hydrogen-bond donors (Lipinski definition) is 0. The molecule has 1 aromatic carbocycles. The van der Waals surface area contributed by atoms with Crippen LogP contribution in [0.3, 0.4) is 0 Å². The van der Waals surface area contributed by atoms with Gasteiger partial charge in [0.05, 0.1) is 0 Å². The molecule has 0 heterocycles. The Balaban J connectivity index is 2.78. The minimum Gasteiger partial charge on any atom is -0.0990 e. The smallest absolute Gasteiger partial charge is 0.0406 e.